The lowest BCUT2D eigenvalue weighted by Gasteiger charge is -2.00. The number of aromatic nitrogens is 3. The summed E-state index contributed by atoms with van der Waals surface area (Å²) in [5.74, 6) is -0.291. The van der Waals surface area contributed by atoms with Gasteiger partial charge in [0.25, 0.3) is 0 Å². The minimum Gasteiger partial charge on any atom is -0.396 e. The van der Waals surface area contributed by atoms with E-state index >= 15 is 0 Å². The summed E-state index contributed by atoms with van der Waals surface area (Å²) in [6.07, 6.45) is 4.76. The second kappa shape index (κ2) is 3.55. The number of nitrogens with zero attached hydrogens (tertiary/aromatic N) is 3. The van der Waals surface area contributed by atoms with E-state index < -0.39 is 0 Å². The lowest BCUT2D eigenvalue weighted by molar-refractivity contribution is 0.631. The fourth-order valence-corrected chi connectivity index (χ4v) is 1.76. The van der Waals surface area contributed by atoms with Gasteiger partial charge in [-0.05, 0) is 6.07 Å². The molecule has 0 aliphatic rings. The molecular formula is C12H9FN4. The van der Waals surface area contributed by atoms with Crippen molar-refractivity contribution in [1.82, 2.24) is 14.6 Å². The van der Waals surface area contributed by atoms with Gasteiger partial charge in [-0.2, -0.15) is 5.10 Å². The van der Waals surface area contributed by atoms with E-state index in [0.29, 0.717) is 22.5 Å². The van der Waals surface area contributed by atoms with Crippen LogP contribution in [0.15, 0.2) is 42.9 Å². The van der Waals surface area contributed by atoms with Crippen molar-refractivity contribution in [2.45, 2.75) is 0 Å². The number of fused-ring (bicyclic) bond motifs is 1. The third-order valence-corrected chi connectivity index (χ3v) is 2.54. The van der Waals surface area contributed by atoms with Gasteiger partial charge in [0.15, 0.2) is 5.65 Å². The monoisotopic (exact) mass is 228 g/mol. The average molecular weight is 228 g/mol. The topological polar surface area (TPSA) is 56.2 Å². The van der Waals surface area contributed by atoms with Gasteiger partial charge in [0.05, 0.1) is 24.3 Å². The van der Waals surface area contributed by atoms with Crippen LogP contribution in [0.4, 0.5) is 10.1 Å². The summed E-state index contributed by atoms with van der Waals surface area (Å²) in [7, 11) is 0. The molecule has 17 heavy (non-hydrogen) atoms. The Morgan fingerprint density at radius 2 is 1.94 bits per heavy atom. The highest BCUT2D eigenvalue weighted by Gasteiger charge is 2.11. The number of benzene rings is 1. The molecule has 0 bridgehead atoms. The summed E-state index contributed by atoms with van der Waals surface area (Å²) in [5, 5.41) is 4.10. The zero-order valence-electron chi connectivity index (χ0n) is 8.84. The van der Waals surface area contributed by atoms with E-state index in [1.807, 2.05) is 0 Å². The highest BCUT2D eigenvalue weighted by Crippen LogP contribution is 2.25. The molecule has 0 saturated carbocycles. The van der Waals surface area contributed by atoms with Crippen molar-refractivity contribution >= 4 is 11.3 Å². The number of anilines is 1. The highest BCUT2D eigenvalue weighted by atomic mass is 19.1. The smallest absolute Gasteiger partial charge is 0.163 e. The number of halogens is 1. The summed E-state index contributed by atoms with van der Waals surface area (Å²) in [6.45, 7) is 0. The average Bonchev–Trinajstić information content (AvgIpc) is 2.72. The zero-order chi connectivity index (χ0) is 11.8. The Morgan fingerprint density at radius 1 is 1.12 bits per heavy atom. The van der Waals surface area contributed by atoms with Crippen LogP contribution in [-0.4, -0.2) is 14.6 Å². The van der Waals surface area contributed by atoms with Crippen LogP contribution in [0.3, 0.4) is 0 Å². The van der Waals surface area contributed by atoms with E-state index in [9.17, 15) is 4.39 Å². The Kier molecular flexibility index (Phi) is 2.04. The lowest BCUT2D eigenvalue weighted by Crippen LogP contribution is -1.94. The van der Waals surface area contributed by atoms with Gasteiger partial charge in [0.1, 0.15) is 5.82 Å². The molecule has 2 N–H and O–H groups in total. The Morgan fingerprint density at radius 3 is 2.76 bits per heavy atom. The maximum absolute atomic E-state index is 13.7. The van der Waals surface area contributed by atoms with Crippen molar-refractivity contribution in [3.05, 3.63) is 48.7 Å². The molecule has 0 aliphatic heterocycles. The first-order valence-electron chi connectivity index (χ1n) is 5.09. The van der Waals surface area contributed by atoms with Crippen LogP contribution in [-0.2, 0) is 0 Å². The van der Waals surface area contributed by atoms with E-state index in [-0.39, 0.29) is 5.82 Å². The fourth-order valence-electron chi connectivity index (χ4n) is 1.76. The molecule has 4 nitrogen and oxygen atoms in total. The number of nitrogen functional groups attached to an aromatic ring is 1. The van der Waals surface area contributed by atoms with Crippen LogP contribution in [0.5, 0.6) is 0 Å². The van der Waals surface area contributed by atoms with E-state index in [1.165, 1.54) is 16.8 Å². The van der Waals surface area contributed by atoms with Crippen molar-refractivity contribution in [3.8, 4) is 11.1 Å². The second-order valence-electron chi connectivity index (χ2n) is 3.69. The summed E-state index contributed by atoms with van der Waals surface area (Å²) in [4.78, 5) is 4.17. The zero-order valence-corrected chi connectivity index (χ0v) is 8.84. The first-order valence-corrected chi connectivity index (χ1v) is 5.09. The number of nitrogens with two attached hydrogens (primary N) is 1. The molecule has 5 heteroatoms. The molecule has 2 aromatic heterocycles. The van der Waals surface area contributed by atoms with Crippen LogP contribution in [0.25, 0.3) is 16.8 Å². The molecule has 0 aliphatic carbocycles. The minimum atomic E-state index is -0.291. The molecule has 3 rings (SSSR count). The van der Waals surface area contributed by atoms with Crippen LogP contribution < -0.4 is 5.73 Å². The normalized spacial score (nSPS) is 10.9. The van der Waals surface area contributed by atoms with Crippen molar-refractivity contribution in [2.24, 2.45) is 0 Å². The summed E-state index contributed by atoms with van der Waals surface area (Å²) >= 11 is 0. The third kappa shape index (κ3) is 1.52. The van der Waals surface area contributed by atoms with Crippen LogP contribution >= 0.6 is 0 Å². The first-order chi connectivity index (χ1) is 8.25. The van der Waals surface area contributed by atoms with Gasteiger partial charge in [-0.15, -0.1) is 0 Å². The standard InChI is InChI=1S/C12H9FN4/c13-11-4-2-1-3-9(11)10-6-16-17-7-8(14)5-15-12(10)17/h1-7H,14H2. The summed E-state index contributed by atoms with van der Waals surface area (Å²) in [6, 6.07) is 6.54. The van der Waals surface area contributed by atoms with E-state index in [1.54, 1.807) is 30.6 Å². The van der Waals surface area contributed by atoms with Gasteiger partial charge in [-0.3, -0.25) is 0 Å². The van der Waals surface area contributed by atoms with E-state index in [0.717, 1.165) is 0 Å². The largest absolute Gasteiger partial charge is 0.396 e. The Hall–Kier alpha value is -2.43. The van der Waals surface area contributed by atoms with Crippen LogP contribution in [0.2, 0.25) is 0 Å². The molecule has 0 atom stereocenters. The Balaban J connectivity index is 2.29. The molecule has 3 aromatic rings. The van der Waals surface area contributed by atoms with Crippen molar-refractivity contribution < 1.29 is 4.39 Å². The molecule has 0 spiro atoms. The van der Waals surface area contributed by atoms with Gasteiger partial charge in [0, 0.05) is 11.1 Å². The van der Waals surface area contributed by atoms with E-state index in [4.69, 9.17) is 5.73 Å². The Labute approximate surface area is 96.5 Å². The lowest BCUT2D eigenvalue weighted by atomic mass is 10.1. The highest BCUT2D eigenvalue weighted by molar-refractivity contribution is 5.77. The fraction of sp³-hybridized carbons (Fsp3) is 0. The third-order valence-electron chi connectivity index (χ3n) is 2.54. The van der Waals surface area contributed by atoms with Crippen molar-refractivity contribution in [2.75, 3.05) is 5.73 Å². The maximum atomic E-state index is 13.7. The molecule has 1 aromatic carbocycles. The molecule has 0 saturated heterocycles. The van der Waals surface area contributed by atoms with Gasteiger partial charge >= 0.3 is 0 Å². The van der Waals surface area contributed by atoms with Crippen molar-refractivity contribution in [3.63, 3.8) is 0 Å². The SMILES string of the molecule is Nc1cnc2c(-c3ccccc3F)cnn2c1. The maximum Gasteiger partial charge on any atom is 0.163 e. The predicted molar refractivity (Wildman–Crippen MR) is 62.8 cm³/mol. The van der Waals surface area contributed by atoms with Gasteiger partial charge in [-0.1, -0.05) is 18.2 Å². The van der Waals surface area contributed by atoms with Crippen LogP contribution in [0.1, 0.15) is 0 Å². The molecule has 0 amide bonds. The van der Waals surface area contributed by atoms with Gasteiger partial charge in [0.2, 0.25) is 0 Å². The molecule has 84 valence electrons. The summed E-state index contributed by atoms with van der Waals surface area (Å²) < 4.78 is 15.2. The minimum absolute atomic E-state index is 0.291. The van der Waals surface area contributed by atoms with Crippen LogP contribution in [0, 0.1) is 5.82 Å². The van der Waals surface area contributed by atoms with E-state index in [2.05, 4.69) is 10.1 Å². The van der Waals surface area contributed by atoms with Crippen molar-refractivity contribution in [1.29, 1.82) is 0 Å². The number of hydrogen-bond donors (Lipinski definition) is 1. The molecule has 0 unspecified atom stereocenters. The molecule has 0 fully saturated rings. The van der Waals surface area contributed by atoms with Gasteiger partial charge < -0.3 is 5.73 Å². The quantitative estimate of drug-likeness (QED) is 0.694. The molecule has 0 radical (unpaired) electrons. The summed E-state index contributed by atoms with van der Waals surface area (Å²) in [5.41, 5.74) is 7.85. The molecule has 2 heterocycles. The molecular weight excluding hydrogens is 219 g/mol. The number of hydrogen-bond acceptors (Lipinski definition) is 3. The first kappa shape index (κ1) is 9.77. The Bertz CT molecular complexity index is 690. The predicted octanol–water partition coefficient (Wildman–Crippen LogP) is 2.12. The van der Waals surface area contributed by atoms with Gasteiger partial charge in [-0.25, -0.2) is 13.9 Å². The number of rotatable bonds is 1. The second-order valence-corrected chi connectivity index (χ2v) is 3.69.